The van der Waals surface area contributed by atoms with Gasteiger partial charge in [-0.1, -0.05) is 26.0 Å². The Hall–Kier alpha value is -2.14. The highest BCUT2D eigenvalue weighted by molar-refractivity contribution is 5.94. The third-order valence-corrected chi connectivity index (χ3v) is 2.66. The number of carboxylic acid groups (broad SMARTS) is 1. The summed E-state index contributed by atoms with van der Waals surface area (Å²) in [7, 11) is 0. The van der Waals surface area contributed by atoms with Gasteiger partial charge in [-0.15, -0.1) is 0 Å². The first-order valence-electron chi connectivity index (χ1n) is 6.46. The van der Waals surface area contributed by atoms with Gasteiger partial charge in [0.2, 0.25) is 5.91 Å². The predicted octanol–water partition coefficient (Wildman–Crippen LogP) is 2.10. The number of hydrogen-bond acceptors (Lipinski definition) is 3. The molecule has 0 spiro atoms. The first-order valence-corrected chi connectivity index (χ1v) is 6.46. The van der Waals surface area contributed by atoms with Gasteiger partial charge in [-0.05, 0) is 36.1 Å². The fourth-order valence-corrected chi connectivity index (χ4v) is 1.69. The van der Waals surface area contributed by atoms with E-state index in [1.807, 2.05) is 13.8 Å². The minimum Gasteiger partial charge on any atom is -0.478 e. The fourth-order valence-electron chi connectivity index (χ4n) is 1.69. The second-order valence-electron chi connectivity index (χ2n) is 5.02. The summed E-state index contributed by atoms with van der Waals surface area (Å²) in [6, 6.07) is 6.34. The first-order chi connectivity index (χ1) is 9.38. The third kappa shape index (κ3) is 5.67. The predicted molar refractivity (Wildman–Crippen MR) is 79.2 cm³/mol. The van der Waals surface area contributed by atoms with Gasteiger partial charge in [0.25, 0.3) is 0 Å². The van der Waals surface area contributed by atoms with Crippen LogP contribution < -0.4 is 11.1 Å². The Morgan fingerprint density at radius 1 is 1.30 bits per heavy atom. The number of aliphatic carboxylic acids is 1. The number of nitrogens with one attached hydrogen (secondary N) is 1. The summed E-state index contributed by atoms with van der Waals surface area (Å²) in [5.41, 5.74) is 7.18. The summed E-state index contributed by atoms with van der Waals surface area (Å²) in [5.74, 6) is -0.853. The summed E-state index contributed by atoms with van der Waals surface area (Å²) in [5, 5.41) is 11.3. The number of rotatable bonds is 6. The third-order valence-electron chi connectivity index (χ3n) is 2.66. The molecule has 0 aliphatic heterocycles. The van der Waals surface area contributed by atoms with Gasteiger partial charge < -0.3 is 16.2 Å². The first kappa shape index (κ1) is 15.9. The number of anilines is 1. The van der Waals surface area contributed by atoms with E-state index in [9.17, 15) is 9.59 Å². The van der Waals surface area contributed by atoms with E-state index in [2.05, 4.69) is 5.32 Å². The van der Waals surface area contributed by atoms with Crippen LogP contribution in [0.4, 0.5) is 5.69 Å². The zero-order valence-corrected chi connectivity index (χ0v) is 11.7. The van der Waals surface area contributed by atoms with Crippen LogP contribution in [0.25, 0.3) is 6.08 Å². The van der Waals surface area contributed by atoms with Crippen molar-refractivity contribution >= 4 is 23.6 Å². The highest BCUT2D eigenvalue weighted by atomic mass is 16.4. The molecule has 0 saturated heterocycles. The van der Waals surface area contributed by atoms with Crippen molar-refractivity contribution in [2.45, 2.75) is 26.3 Å². The highest BCUT2D eigenvalue weighted by Crippen LogP contribution is 2.12. The van der Waals surface area contributed by atoms with Gasteiger partial charge in [-0.2, -0.15) is 0 Å². The summed E-state index contributed by atoms with van der Waals surface area (Å²) in [4.78, 5) is 22.2. The maximum absolute atomic E-state index is 11.8. The Bertz CT molecular complexity index is 492. The van der Waals surface area contributed by atoms with Gasteiger partial charge in [0.15, 0.2) is 0 Å². The molecule has 20 heavy (non-hydrogen) atoms. The molecule has 0 bridgehead atoms. The SMILES string of the molecule is CC(C)C[C@H](N)C(=O)Nc1ccc(/C=C/C(=O)O)cc1. The number of carboxylic acids is 1. The molecule has 0 unspecified atom stereocenters. The van der Waals surface area contributed by atoms with Crippen molar-refractivity contribution in [2.24, 2.45) is 11.7 Å². The molecule has 0 saturated carbocycles. The van der Waals surface area contributed by atoms with E-state index in [4.69, 9.17) is 10.8 Å². The van der Waals surface area contributed by atoms with Crippen LogP contribution in [0.15, 0.2) is 30.3 Å². The Labute approximate surface area is 118 Å². The standard InChI is InChI=1S/C15H20N2O3/c1-10(2)9-13(16)15(20)17-12-6-3-11(4-7-12)5-8-14(18)19/h3-8,10,13H,9,16H2,1-2H3,(H,17,20)(H,18,19)/b8-5+/t13-/m0/s1. The molecule has 0 fully saturated rings. The van der Waals surface area contributed by atoms with Crippen LogP contribution in [0.2, 0.25) is 0 Å². The lowest BCUT2D eigenvalue weighted by molar-refractivity contribution is -0.131. The summed E-state index contributed by atoms with van der Waals surface area (Å²) >= 11 is 0. The largest absolute Gasteiger partial charge is 0.478 e. The lowest BCUT2D eigenvalue weighted by Gasteiger charge is -2.14. The Kier molecular flexibility index (Phi) is 5.93. The van der Waals surface area contributed by atoms with E-state index in [1.165, 1.54) is 6.08 Å². The van der Waals surface area contributed by atoms with Crippen molar-refractivity contribution in [3.63, 3.8) is 0 Å². The van der Waals surface area contributed by atoms with Crippen molar-refractivity contribution in [2.75, 3.05) is 5.32 Å². The minimum absolute atomic E-state index is 0.215. The molecular weight excluding hydrogens is 256 g/mol. The monoisotopic (exact) mass is 276 g/mol. The van der Waals surface area contributed by atoms with Crippen molar-refractivity contribution < 1.29 is 14.7 Å². The molecule has 5 heteroatoms. The lowest BCUT2D eigenvalue weighted by Crippen LogP contribution is -2.36. The zero-order valence-electron chi connectivity index (χ0n) is 11.7. The van der Waals surface area contributed by atoms with E-state index >= 15 is 0 Å². The van der Waals surface area contributed by atoms with Crippen molar-refractivity contribution in [1.82, 2.24) is 0 Å². The second-order valence-corrected chi connectivity index (χ2v) is 5.02. The zero-order chi connectivity index (χ0) is 15.1. The maximum atomic E-state index is 11.8. The molecule has 0 aliphatic rings. The van der Waals surface area contributed by atoms with Crippen molar-refractivity contribution in [1.29, 1.82) is 0 Å². The maximum Gasteiger partial charge on any atom is 0.328 e. The number of carbonyl (C=O) groups is 2. The molecule has 5 nitrogen and oxygen atoms in total. The van der Waals surface area contributed by atoms with Crippen molar-refractivity contribution in [3.05, 3.63) is 35.9 Å². The summed E-state index contributed by atoms with van der Waals surface area (Å²) in [6.07, 6.45) is 3.18. The van der Waals surface area contributed by atoms with E-state index in [0.29, 0.717) is 18.0 Å². The van der Waals surface area contributed by atoms with Crippen LogP contribution in [-0.4, -0.2) is 23.0 Å². The number of benzene rings is 1. The number of nitrogens with two attached hydrogens (primary N) is 1. The number of amides is 1. The molecule has 0 aromatic heterocycles. The molecule has 1 amide bonds. The molecule has 0 heterocycles. The van der Waals surface area contributed by atoms with Gasteiger partial charge in [-0.3, -0.25) is 4.79 Å². The molecular formula is C15H20N2O3. The van der Waals surface area contributed by atoms with Crippen LogP contribution >= 0.6 is 0 Å². The molecule has 1 atom stereocenters. The van der Waals surface area contributed by atoms with Crippen molar-refractivity contribution in [3.8, 4) is 0 Å². The van der Waals surface area contributed by atoms with Gasteiger partial charge in [-0.25, -0.2) is 4.79 Å². The Morgan fingerprint density at radius 3 is 2.40 bits per heavy atom. The fraction of sp³-hybridized carbons (Fsp3) is 0.333. The van der Waals surface area contributed by atoms with E-state index in [0.717, 1.165) is 11.6 Å². The van der Waals surface area contributed by atoms with Gasteiger partial charge >= 0.3 is 5.97 Å². The van der Waals surface area contributed by atoms with E-state index < -0.39 is 12.0 Å². The van der Waals surface area contributed by atoms with Crippen LogP contribution in [0.5, 0.6) is 0 Å². The molecule has 4 N–H and O–H groups in total. The second kappa shape index (κ2) is 7.45. The van der Waals surface area contributed by atoms with Gasteiger partial charge in [0, 0.05) is 11.8 Å². The van der Waals surface area contributed by atoms with Crippen LogP contribution in [-0.2, 0) is 9.59 Å². The number of hydrogen-bond donors (Lipinski definition) is 3. The average Bonchev–Trinajstić information content (AvgIpc) is 2.37. The Balaban J connectivity index is 2.61. The topological polar surface area (TPSA) is 92.4 Å². The lowest BCUT2D eigenvalue weighted by atomic mass is 10.0. The molecule has 1 aromatic rings. The molecule has 1 rings (SSSR count). The van der Waals surface area contributed by atoms with Crippen LogP contribution in [0.1, 0.15) is 25.8 Å². The highest BCUT2D eigenvalue weighted by Gasteiger charge is 2.14. The number of carbonyl (C=O) groups excluding carboxylic acids is 1. The minimum atomic E-state index is -0.998. The Morgan fingerprint density at radius 2 is 1.90 bits per heavy atom. The molecule has 108 valence electrons. The van der Waals surface area contributed by atoms with E-state index in [1.54, 1.807) is 24.3 Å². The summed E-state index contributed by atoms with van der Waals surface area (Å²) < 4.78 is 0. The average molecular weight is 276 g/mol. The van der Waals surface area contributed by atoms with Gasteiger partial charge in [0.05, 0.1) is 6.04 Å². The smallest absolute Gasteiger partial charge is 0.328 e. The molecule has 0 radical (unpaired) electrons. The van der Waals surface area contributed by atoms with E-state index in [-0.39, 0.29) is 5.91 Å². The normalized spacial score (nSPS) is 12.6. The van der Waals surface area contributed by atoms with Crippen LogP contribution in [0, 0.1) is 5.92 Å². The summed E-state index contributed by atoms with van der Waals surface area (Å²) in [6.45, 7) is 4.02. The quantitative estimate of drug-likeness (QED) is 0.694. The van der Waals surface area contributed by atoms with Gasteiger partial charge in [0.1, 0.15) is 0 Å². The van der Waals surface area contributed by atoms with Crippen LogP contribution in [0.3, 0.4) is 0 Å². The molecule has 1 aromatic carbocycles. The molecule has 0 aliphatic carbocycles.